The lowest BCUT2D eigenvalue weighted by Crippen LogP contribution is -2.15. The van der Waals surface area contributed by atoms with Gasteiger partial charge in [-0.05, 0) is 59.6 Å². The number of ether oxygens (including phenoxy) is 1. The highest BCUT2D eigenvalue weighted by molar-refractivity contribution is 8.00. The zero-order valence-corrected chi connectivity index (χ0v) is 17.8. The molecule has 0 saturated carbocycles. The number of carbonyl (C=O) groups excluding carboxylic acids is 2. The fraction of sp³-hybridized carbons (Fsp3) is 0.182. The van der Waals surface area contributed by atoms with E-state index in [2.05, 4.69) is 5.32 Å². The molecule has 31 heavy (non-hydrogen) atoms. The van der Waals surface area contributed by atoms with E-state index in [1.807, 2.05) is 24.3 Å². The van der Waals surface area contributed by atoms with Gasteiger partial charge in [-0.25, -0.2) is 4.79 Å². The number of amides is 1. The molecule has 4 nitrogen and oxygen atoms in total. The second-order valence-corrected chi connectivity index (χ2v) is 8.85. The van der Waals surface area contributed by atoms with E-state index < -0.39 is 17.4 Å². The normalized spacial score (nSPS) is 12.3. The van der Waals surface area contributed by atoms with Crippen LogP contribution in [0.5, 0.6) is 0 Å². The first-order valence-corrected chi connectivity index (χ1v) is 11.0. The molecule has 1 aromatic heterocycles. The molecular formula is C22H16F3NO3S2. The standard InChI is InChI=1S/C22H16F3NO3S2/c1-2-29-21(28)17-16-11-13-5-3-4-6-15(13)18(16)30-20(17)26-19(27)12-7-9-14(10-8-12)31-22(23,24)25/h3-10H,2,11H2,1H3,(H,26,27). The van der Waals surface area contributed by atoms with E-state index in [9.17, 15) is 22.8 Å². The molecule has 0 fully saturated rings. The third-order valence-corrected chi connectivity index (χ3v) is 6.61. The minimum absolute atomic E-state index is 0.0111. The Morgan fingerprint density at radius 1 is 1.13 bits per heavy atom. The molecule has 0 spiro atoms. The Morgan fingerprint density at radius 2 is 1.84 bits per heavy atom. The minimum Gasteiger partial charge on any atom is -0.462 e. The molecular weight excluding hydrogens is 447 g/mol. The fourth-order valence-corrected chi connectivity index (χ4v) is 5.23. The Morgan fingerprint density at radius 3 is 2.52 bits per heavy atom. The second-order valence-electron chi connectivity index (χ2n) is 6.69. The molecule has 1 aliphatic carbocycles. The predicted molar refractivity (Wildman–Crippen MR) is 115 cm³/mol. The molecule has 0 bridgehead atoms. The molecule has 3 aromatic rings. The molecule has 2 aromatic carbocycles. The summed E-state index contributed by atoms with van der Waals surface area (Å²) < 4.78 is 42.7. The van der Waals surface area contributed by atoms with Crippen LogP contribution in [-0.4, -0.2) is 24.0 Å². The van der Waals surface area contributed by atoms with Crippen LogP contribution in [0.3, 0.4) is 0 Å². The molecule has 1 N–H and O–H groups in total. The Bertz CT molecular complexity index is 1150. The summed E-state index contributed by atoms with van der Waals surface area (Å²) in [5.74, 6) is -1.03. The lowest BCUT2D eigenvalue weighted by atomic mass is 10.1. The summed E-state index contributed by atoms with van der Waals surface area (Å²) in [6, 6.07) is 12.9. The third-order valence-electron chi connectivity index (χ3n) is 4.69. The van der Waals surface area contributed by atoms with Gasteiger partial charge in [-0.15, -0.1) is 11.3 Å². The number of hydrogen-bond acceptors (Lipinski definition) is 5. The van der Waals surface area contributed by atoms with Crippen molar-refractivity contribution in [1.82, 2.24) is 0 Å². The van der Waals surface area contributed by atoms with E-state index in [-0.39, 0.29) is 28.8 Å². The van der Waals surface area contributed by atoms with Gasteiger partial charge in [-0.1, -0.05) is 24.3 Å². The first kappa shape index (κ1) is 21.5. The number of rotatable bonds is 5. The van der Waals surface area contributed by atoms with Crippen molar-refractivity contribution in [3.8, 4) is 10.4 Å². The molecule has 4 rings (SSSR count). The number of carbonyl (C=O) groups is 2. The van der Waals surface area contributed by atoms with Crippen molar-refractivity contribution >= 4 is 40.0 Å². The quantitative estimate of drug-likeness (QED) is 0.276. The topological polar surface area (TPSA) is 55.4 Å². The van der Waals surface area contributed by atoms with Gasteiger partial charge in [-0.3, -0.25) is 4.79 Å². The van der Waals surface area contributed by atoms with E-state index in [0.717, 1.165) is 21.6 Å². The zero-order valence-electron chi connectivity index (χ0n) is 16.2. The van der Waals surface area contributed by atoms with Crippen molar-refractivity contribution in [2.45, 2.75) is 23.7 Å². The van der Waals surface area contributed by atoms with Gasteiger partial charge in [-0.2, -0.15) is 13.2 Å². The summed E-state index contributed by atoms with van der Waals surface area (Å²) in [6.45, 7) is 1.90. The molecule has 0 atom stereocenters. The molecule has 0 saturated heterocycles. The summed E-state index contributed by atoms with van der Waals surface area (Å²) in [5, 5.41) is 3.12. The Labute approximate surface area is 184 Å². The van der Waals surface area contributed by atoms with E-state index in [1.54, 1.807) is 6.92 Å². The Kier molecular flexibility index (Phi) is 5.81. The summed E-state index contributed by atoms with van der Waals surface area (Å²) in [6.07, 6.45) is 0.565. The SMILES string of the molecule is CCOC(=O)c1c(NC(=O)c2ccc(SC(F)(F)F)cc2)sc2c1Cc1ccccc1-2. The molecule has 1 amide bonds. The Balaban J connectivity index is 1.63. The number of anilines is 1. The summed E-state index contributed by atoms with van der Waals surface area (Å²) in [4.78, 5) is 26.3. The highest BCUT2D eigenvalue weighted by atomic mass is 32.2. The second kappa shape index (κ2) is 8.39. The average molecular weight is 464 g/mol. The van der Waals surface area contributed by atoms with Gasteiger partial charge >= 0.3 is 11.5 Å². The summed E-state index contributed by atoms with van der Waals surface area (Å²) in [7, 11) is 0. The summed E-state index contributed by atoms with van der Waals surface area (Å²) in [5.41, 5.74) is -0.943. The maximum absolute atomic E-state index is 12.7. The lowest BCUT2D eigenvalue weighted by Gasteiger charge is -2.09. The van der Waals surface area contributed by atoms with Crippen LogP contribution in [-0.2, 0) is 11.2 Å². The van der Waals surface area contributed by atoms with Crippen LogP contribution >= 0.6 is 23.1 Å². The first-order chi connectivity index (χ1) is 14.8. The third kappa shape index (κ3) is 4.47. The number of thioether (sulfide) groups is 1. The number of nitrogens with one attached hydrogen (secondary N) is 1. The molecule has 0 radical (unpaired) electrons. The largest absolute Gasteiger partial charge is 0.462 e. The summed E-state index contributed by atoms with van der Waals surface area (Å²) >= 11 is 1.05. The molecule has 1 aliphatic rings. The highest BCUT2D eigenvalue weighted by Gasteiger charge is 2.32. The van der Waals surface area contributed by atoms with Crippen LogP contribution in [0.4, 0.5) is 18.2 Å². The average Bonchev–Trinajstić information content (AvgIpc) is 3.22. The maximum atomic E-state index is 12.7. The fourth-order valence-electron chi connectivity index (χ4n) is 3.43. The van der Waals surface area contributed by atoms with Crippen LogP contribution in [0.15, 0.2) is 53.4 Å². The van der Waals surface area contributed by atoms with Gasteiger partial charge in [0.2, 0.25) is 0 Å². The van der Waals surface area contributed by atoms with Crippen LogP contribution in [0.25, 0.3) is 10.4 Å². The predicted octanol–water partition coefficient (Wildman–Crippen LogP) is 6.36. The van der Waals surface area contributed by atoms with Crippen LogP contribution in [0, 0.1) is 0 Å². The molecule has 160 valence electrons. The van der Waals surface area contributed by atoms with Gasteiger partial charge in [0.15, 0.2) is 0 Å². The first-order valence-electron chi connectivity index (χ1n) is 9.35. The van der Waals surface area contributed by atoms with E-state index in [1.165, 1.54) is 35.6 Å². The van der Waals surface area contributed by atoms with Crippen LogP contribution in [0.2, 0.25) is 0 Å². The van der Waals surface area contributed by atoms with Crippen molar-refractivity contribution in [2.75, 3.05) is 11.9 Å². The van der Waals surface area contributed by atoms with Gasteiger partial charge in [0.1, 0.15) is 5.00 Å². The molecule has 0 aliphatic heterocycles. The van der Waals surface area contributed by atoms with Crippen LogP contribution < -0.4 is 5.32 Å². The molecule has 9 heteroatoms. The molecule has 1 heterocycles. The number of thiophene rings is 1. The van der Waals surface area contributed by atoms with Crippen molar-refractivity contribution in [1.29, 1.82) is 0 Å². The van der Waals surface area contributed by atoms with Gasteiger partial charge < -0.3 is 10.1 Å². The number of alkyl halides is 3. The zero-order chi connectivity index (χ0) is 22.2. The van der Waals surface area contributed by atoms with Crippen molar-refractivity contribution in [2.24, 2.45) is 0 Å². The lowest BCUT2D eigenvalue weighted by molar-refractivity contribution is -0.0328. The maximum Gasteiger partial charge on any atom is 0.446 e. The Hall–Kier alpha value is -2.78. The minimum atomic E-state index is -4.40. The van der Waals surface area contributed by atoms with Gasteiger partial charge in [0.05, 0.1) is 12.2 Å². The monoisotopic (exact) mass is 463 g/mol. The van der Waals surface area contributed by atoms with Crippen molar-refractivity contribution in [3.05, 3.63) is 70.8 Å². The number of hydrogen-bond donors (Lipinski definition) is 1. The number of fused-ring (bicyclic) bond motifs is 3. The van der Waals surface area contributed by atoms with Gasteiger partial charge in [0, 0.05) is 21.8 Å². The van der Waals surface area contributed by atoms with Crippen molar-refractivity contribution < 1.29 is 27.5 Å². The van der Waals surface area contributed by atoms with Crippen LogP contribution in [0.1, 0.15) is 38.8 Å². The van der Waals surface area contributed by atoms with E-state index >= 15 is 0 Å². The smallest absolute Gasteiger partial charge is 0.446 e. The number of esters is 1. The highest BCUT2D eigenvalue weighted by Crippen LogP contribution is 2.47. The van der Waals surface area contributed by atoms with Gasteiger partial charge in [0.25, 0.3) is 5.91 Å². The number of benzene rings is 2. The van der Waals surface area contributed by atoms with Crippen molar-refractivity contribution in [3.63, 3.8) is 0 Å². The van der Waals surface area contributed by atoms with E-state index in [0.29, 0.717) is 17.0 Å². The van der Waals surface area contributed by atoms with E-state index in [4.69, 9.17) is 4.74 Å². The number of halogens is 3. The molecule has 0 unspecified atom stereocenters.